The number of guanidine groups is 1. The smallest absolute Gasteiger partial charge is 0.253 e. The van der Waals surface area contributed by atoms with Gasteiger partial charge in [-0.3, -0.25) is 9.79 Å². The number of nitrogens with zero attached hydrogens (tertiary/aromatic N) is 2. The van der Waals surface area contributed by atoms with Gasteiger partial charge in [-0.2, -0.15) is 11.8 Å². The molecule has 7 heteroatoms. The number of nitrogens with one attached hydrogen (secondary N) is 2. The molecule has 1 aromatic rings. The van der Waals surface area contributed by atoms with Crippen LogP contribution < -0.4 is 10.6 Å². The van der Waals surface area contributed by atoms with Crippen molar-refractivity contribution in [3.8, 4) is 0 Å². The average molecular weight is 391 g/mol. The topological polar surface area (TPSA) is 66.0 Å². The molecule has 6 nitrogen and oxygen atoms in total. The van der Waals surface area contributed by atoms with Gasteiger partial charge in [0.1, 0.15) is 6.10 Å². The maximum absolute atomic E-state index is 12.2. The highest BCUT2D eigenvalue weighted by atomic mass is 32.2. The summed E-state index contributed by atoms with van der Waals surface area (Å²) in [7, 11) is 1.83. The van der Waals surface area contributed by atoms with E-state index in [1.165, 1.54) is 0 Å². The number of carbonyl (C=O) groups is 1. The standard InChI is InChI=1S/C20H30N4O2S/c1-20(2)14-24(9-11-27-20)19(21-3)22-13-15-6-4-7-16(12-15)23-18(25)17-8-5-10-26-17/h4,6-7,12,17H,5,8-11,13-14H2,1-3H3,(H,21,22)(H,23,25). The maximum Gasteiger partial charge on any atom is 0.253 e. The van der Waals surface area contributed by atoms with E-state index in [2.05, 4.69) is 40.4 Å². The van der Waals surface area contributed by atoms with Crippen LogP contribution in [0.5, 0.6) is 0 Å². The van der Waals surface area contributed by atoms with Crippen LogP contribution >= 0.6 is 11.8 Å². The van der Waals surface area contributed by atoms with E-state index < -0.39 is 0 Å². The largest absolute Gasteiger partial charge is 0.368 e. The summed E-state index contributed by atoms with van der Waals surface area (Å²) in [5.74, 6) is 1.98. The predicted molar refractivity (Wildman–Crippen MR) is 112 cm³/mol. The molecule has 2 heterocycles. The van der Waals surface area contributed by atoms with Crippen molar-refractivity contribution < 1.29 is 9.53 Å². The third-order valence-electron chi connectivity index (χ3n) is 4.80. The Balaban J connectivity index is 1.56. The van der Waals surface area contributed by atoms with E-state index in [0.717, 1.165) is 48.9 Å². The molecule has 1 atom stereocenters. The van der Waals surface area contributed by atoms with Crippen LogP contribution in [0.25, 0.3) is 0 Å². The zero-order chi connectivity index (χ0) is 19.3. The Morgan fingerprint density at radius 2 is 2.30 bits per heavy atom. The molecule has 0 spiro atoms. The van der Waals surface area contributed by atoms with E-state index in [0.29, 0.717) is 13.2 Å². The lowest BCUT2D eigenvalue weighted by molar-refractivity contribution is -0.124. The number of hydrogen-bond acceptors (Lipinski definition) is 4. The van der Waals surface area contributed by atoms with Gasteiger partial charge in [0.2, 0.25) is 0 Å². The molecular weight excluding hydrogens is 360 g/mol. The summed E-state index contributed by atoms with van der Waals surface area (Å²) in [4.78, 5) is 19.0. The van der Waals surface area contributed by atoms with Gasteiger partial charge in [0.05, 0.1) is 0 Å². The number of carbonyl (C=O) groups excluding carboxylic acids is 1. The van der Waals surface area contributed by atoms with E-state index in [-0.39, 0.29) is 16.8 Å². The third kappa shape index (κ3) is 5.62. The van der Waals surface area contributed by atoms with Crippen molar-refractivity contribution >= 4 is 29.3 Å². The van der Waals surface area contributed by atoms with Gasteiger partial charge >= 0.3 is 0 Å². The van der Waals surface area contributed by atoms with Crippen molar-refractivity contribution in [3.63, 3.8) is 0 Å². The van der Waals surface area contributed by atoms with E-state index in [1.54, 1.807) is 0 Å². The molecule has 1 unspecified atom stereocenters. The molecule has 2 fully saturated rings. The highest BCUT2D eigenvalue weighted by Gasteiger charge is 2.28. The molecule has 2 aliphatic heterocycles. The second-order valence-corrected chi connectivity index (χ2v) is 9.42. The lowest BCUT2D eigenvalue weighted by Gasteiger charge is -2.39. The van der Waals surface area contributed by atoms with Crippen LogP contribution in [0, 0.1) is 0 Å². The van der Waals surface area contributed by atoms with Crippen LogP contribution in [0.4, 0.5) is 5.69 Å². The number of ether oxygens (including phenoxy) is 1. The van der Waals surface area contributed by atoms with Gasteiger partial charge in [0.15, 0.2) is 5.96 Å². The molecule has 1 amide bonds. The first-order valence-electron chi connectivity index (χ1n) is 9.58. The van der Waals surface area contributed by atoms with Gasteiger partial charge < -0.3 is 20.3 Å². The van der Waals surface area contributed by atoms with Crippen LogP contribution in [0.15, 0.2) is 29.3 Å². The number of benzene rings is 1. The van der Waals surface area contributed by atoms with Gasteiger partial charge in [-0.1, -0.05) is 12.1 Å². The Morgan fingerprint density at radius 3 is 3.00 bits per heavy atom. The minimum absolute atomic E-state index is 0.0542. The summed E-state index contributed by atoms with van der Waals surface area (Å²) >= 11 is 2.01. The molecule has 0 saturated carbocycles. The predicted octanol–water partition coefficient (Wildman–Crippen LogP) is 2.71. The highest BCUT2D eigenvalue weighted by molar-refractivity contribution is 8.00. The summed E-state index contributed by atoms with van der Waals surface area (Å²) in [5, 5.41) is 6.42. The van der Waals surface area contributed by atoms with Gasteiger partial charge in [-0.25, -0.2) is 0 Å². The summed E-state index contributed by atoms with van der Waals surface area (Å²) in [6.07, 6.45) is 1.44. The van der Waals surface area contributed by atoms with Gasteiger partial charge in [0, 0.05) is 49.5 Å². The lowest BCUT2D eigenvalue weighted by atomic mass is 10.1. The number of aliphatic imine (C=N–C) groups is 1. The molecule has 1 aromatic carbocycles. The Labute approximate surface area is 166 Å². The number of thioether (sulfide) groups is 1. The summed E-state index contributed by atoms with van der Waals surface area (Å²) in [6, 6.07) is 7.93. The first-order chi connectivity index (χ1) is 13.0. The molecule has 148 valence electrons. The molecule has 2 saturated heterocycles. The number of rotatable bonds is 4. The Kier molecular flexibility index (Phi) is 6.65. The fourth-order valence-corrected chi connectivity index (χ4v) is 4.59. The molecular formula is C20H30N4O2S. The summed E-state index contributed by atoms with van der Waals surface area (Å²) < 4.78 is 5.69. The van der Waals surface area contributed by atoms with E-state index in [9.17, 15) is 4.79 Å². The first kappa shape index (κ1) is 20.0. The fourth-order valence-electron chi connectivity index (χ4n) is 3.48. The van der Waals surface area contributed by atoms with E-state index in [4.69, 9.17) is 4.74 Å². The van der Waals surface area contributed by atoms with Crippen LogP contribution in [0.2, 0.25) is 0 Å². The molecule has 27 heavy (non-hydrogen) atoms. The number of amides is 1. The van der Waals surface area contributed by atoms with Crippen molar-refractivity contribution in [3.05, 3.63) is 29.8 Å². The van der Waals surface area contributed by atoms with Crippen molar-refractivity contribution in [1.82, 2.24) is 10.2 Å². The van der Waals surface area contributed by atoms with Crippen LogP contribution in [0.1, 0.15) is 32.3 Å². The SMILES string of the molecule is CN=C(NCc1cccc(NC(=O)C2CCCO2)c1)N1CCSC(C)(C)C1. The molecule has 0 aliphatic carbocycles. The average Bonchev–Trinajstić information content (AvgIpc) is 3.17. The van der Waals surface area contributed by atoms with Gasteiger partial charge in [0.25, 0.3) is 5.91 Å². The van der Waals surface area contributed by atoms with E-state index >= 15 is 0 Å². The molecule has 3 rings (SSSR count). The van der Waals surface area contributed by atoms with Crippen LogP contribution in [-0.2, 0) is 16.1 Å². The van der Waals surface area contributed by atoms with E-state index in [1.807, 2.05) is 37.0 Å². The van der Waals surface area contributed by atoms with Crippen molar-refractivity contribution in [2.75, 3.05) is 37.8 Å². The fraction of sp³-hybridized carbons (Fsp3) is 0.600. The zero-order valence-electron chi connectivity index (χ0n) is 16.5. The number of anilines is 1. The highest BCUT2D eigenvalue weighted by Crippen LogP contribution is 2.29. The van der Waals surface area contributed by atoms with Crippen molar-refractivity contribution in [1.29, 1.82) is 0 Å². The quantitative estimate of drug-likeness (QED) is 0.611. The Bertz CT molecular complexity index is 686. The third-order valence-corrected chi connectivity index (χ3v) is 6.10. The van der Waals surface area contributed by atoms with Crippen LogP contribution in [-0.4, -0.2) is 60.1 Å². The summed E-state index contributed by atoms with van der Waals surface area (Å²) in [6.45, 7) is 7.88. The second kappa shape index (κ2) is 8.97. The van der Waals surface area contributed by atoms with Gasteiger partial charge in [-0.05, 0) is 44.4 Å². The van der Waals surface area contributed by atoms with Crippen molar-refractivity contribution in [2.45, 2.75) is 44.1 Å². The molecule has 0 radical (unpaired) electrons. The maximum atomic E-state index is 12.2. The first-order valence-corrected chi connectivity index (χ1v) is 10.6. The van der Waals surface area contributed by atoms with Crippen LogP contribution in [0.3, 0.4) is 0 Å². The zero-order valence-corrected chi connectivity index (χ0v) is 17.3. The Hall–Kier alpha value is -1.73. The summed E-state index contributed by atoms with van der Waals surface area (Å²) in [5.41, 5.74) is 1.91. The minimum atomic E-state index is -0.314. The van der Waals surface area contributed by atoms with Gasteiger partial charge in [-0.15, -0.1) is 0 Å². The molecule has 2 aliphatic rings. The molecule has 0 bridgehead atoms. The van der Waals surface area contributed by atoms with Crippen molar-refractivity contribution in [2.24, 2.45) is 4.99 Å². The lowest BCUT2D eigenvalue weighted by Crippen LogP contribution is -2.50. The molecule has 0 aromatic heterocycles. The Morgan fingerprint density at radius 1 is 1.44 bits per heavy atom. The monoisotopic (exact) mass is 390 g/mol. The molecule has 2 N–H and O–H groups in total. The number of hydrogen-bond donors (Lipinski definition) is 2. The minimum Gasteiger partial charge on any atom is -0.368 e. The second-order valence-electron chi connectivity index (χ2n) is 7.62. The normalized spacial score (nSPS) is 22.6.